The zero-order valence-corrected chi connectivity index (χ0v) is 15.0. The second-order valence-electron chi connectivity index (χ2n) is 6.31. The molecule has 0 aliphatic heterocycles. The first kappa shape index (κ1) is 16.0. The maximum atomic E-state index is 5.61. The van der Waals surface area contributed by atoms with E-state index in [-0.39, 0.29) is 6.10 Å². The monoisotopic (exact) mass is 353 g/mol. The predicted molar refractivity (Wildman–Crippen MR) is 98.4 cm³/mol. The number of anilines is 2. The van der Waals surface area contributed by atoms with Crippen molar-refractivity contribution in [3.63, 3.8) is 0 Å². The number of rotatable bonds is 6. The van der Waals surface area contributed by atoms with Crippen LogP contribution in [0.3, 0.4) is 0 Å². The van der Waals surface area contributed by atoms with Gasteiger partial charge in [-0.05, 0) is 56.4 Å². The smallest absolute Gasteiger partial charge is 0.208 e. The van der Waals surface area contributed by atoms with Crippen LogP contribution in [0.1, 0.15) is 38.2 Å². The SMILES string of the molecule is CC(C)Oc1ccc(-c2nsc(Nc3ncccc3C3CC3)n2)nc1. The molecule has 0 spiro atoms. The molecule has 0 atom stereocenters. The van der Waals surface area contributed by atoms with Crippen molar-refractivity contribution in [2.24, 2.45) is 0 Å². The molecule has 6 nitrogen and oxygen atoms in total. The van der Waals surface area contributed by atoms with Crippen LogP contribution in [0.4, 0.5) is 10.9 Å². The van der Waals surface area contributed by atoms with E-state index >= 15 is 0 Å². The van der Waals surface area contributed by atoms with Crippen molar-refractivity contribution >= 4 is 22.5 Å². The summed E-state index contributed by atoms with van der Waals surface area (Å²) in [6, 6.07) is 7.87. The van der Waals surface area contributed by atoms with Crippen molar-refractivity contribution < 1.29 is 4.74 Å². The number of nitrogens with zero attached hydrogens (tertiary/aromatic N) is 4. The summed E-state index contributed by atoms with van der Waals surface area (Å²) < 4.78 is 10.0. The topological polar surface area (TPSA) is 72.8 Å². The molecule has 1 aliphatic rings. The minimum Gasteiger partial charge on any atom is -0.489 e. The average Bonchev–Trinajstić information content (AvgIpc) is 3.35. The molecule has 1 fully saturated rings. The fraction of sp³-hybridized carbons (Fsp3) is 0.333. The van der Waals surface area contributed by atoms with Gasteiger partial charge in [-0.3, -0.25) is 0 Å². The van der Waals surface area contributed by atoms with Gasteiger partial charge in [0.1, 0.15) is 17.3 Å². The molecule has 25 heavy (non-hydrogen) atoms. The molecule has 128 valence electrons. The minimum absolute atomic E-state index is 0.125. The van der Waals surface area contributed by atoms with E-state index in [4.69, 9.17) is 4.74 Å². The largest absolute Gasteiger partial charge is 0.489 e. The summed E-state index contributed by atoms with van der Waals surface area (Å²) in [5.41, 5.74) is 1.98. The molecule has 1 saturated carbocycles. The van der Waals surface area contributed by atoms with Gasteiger partial charge in [-0.25, -0.2) is 9.97 Å². The summed E-state index contributed by atoms with van der Waals surface area (Å²) in [6.07, 6.45) is 6.09. The van der Waals surface area contributed by atoms with Gasteiger partial charge in [-0.2, -0.15) is 9.36 Å². The zero-order valence-electron chi connectivity index (χ0n) is 14.1. The molecule has 1 N–H and O–H groups in total. The van der Waals surface area contributed by atoms with Crippen LogP contribution in [-0.4, -0.2) is 25.4 Å². The van der Waals surface area contributed by atoms with Crippen LogP contribution in [0, 0.1) is 0 Å². The number of hydrogen-bond acceptors (Lipinski definition) is 7. The van der Waals surface area contributed by atoms with Gasteiger partial charge in [0.05, 0.1) is 12.3 Å². The molecule has 3 aromatic heterocycles. The Hall–Kier alpha value is -2.54. The van der Waals surface area contributed by atoms with Crippen LogP contribution in [0.15, 0.2) is 36.7 Å². The van der Waals surface area contributed by atoms with Crippen molar-refractivity contribution in [1.29, 1.82) is 0 Å². The molecule has 1 aliphatic carbocycles. The Bertz CT molecular complexity index is 858. The van der Waals surface area contributed by atoms with E-state index in [0.717, 1.165) is 22.4 Å². The van der Waals surface area contributed by atoms with E-state index in [1.807, 2.05) is 32.0 Å². The maximum Gasteiger partial charge on any atom is 0.208 e. The third kappa shape index (κ3) is 3.76. The molecule has 0 bridgehead atoms. The lowest BCUT2D eigenvalue weighted by molar-refractivity contribution is 0.241. The van der Waals surface area contributed by atoms with Gasteiger partial charge >= 0.3 is 0 Å². The summed E-state index contributed by atoms with van der Waals surface area (Å²) in [5, 5.41) is 4.02. The third-order valence-corrected chi connectivity index (χ3v) is 4.48. The quantitative estimate of drug-likeness (QED) is 0.708. The summed E-state index contributed by atoms with van der Waals surface area (Å²) in [6.45, 7) is 3.97. The summed E-state index contributed by atoms with van der Waals surface area (Å²) >= 11 is 1.31. The molecule has 0 saturated heterocycles. The number of aromatic nitrogens is 4. The average molecular weight is 353 g/mol. The van der Waals surface area contributed by atoms with Crippen LogP contribution in [-0.2, 0) is 0 Å². The Kier molecular flexibility index (Phi) is 4.31. The van der Waals surface area contributed by atoms with Gasteiger partial charge in [0.25, 0.3) is 0 Å². The second kappa shape index (κ2) is 6.76. The van der Waals surface area contributed by atoms with Gasteiger partial charge in [0.15, 0.2) is 5.82 Å². The van der Waals surface area contributed by atoms with Crippen molar-refractivity contribution in [1.82, 2.24) is 19.3 Å². The van der Waals surface area contributed by atoms with Crippen LogP contribution in [0.2, 0.25) is 0 Å². The normalized spacial score (nSPS) is 13.9. The molecular formula is C18H19N5OS. The van der Waals surface area contributed by atoms with Crippen LogP contribution < -0.4 is 10.1 Å². The molecule has 7 heteroatoms. The van der Waals surface area contributed by atoms with E-state index in [9.17, 15) is 0 Å². The van der Waals surface area contributed by atoms with Gasteiger partial charge in [-0.1, -0.05) is 6.07 Å². The van der Waals surface area contributed by atoms with Crippen LogP contribution >= 0.6 is 11.5 Å². The zero-order chi connectivity index (χ0) is 17.2. The van der Waals surface area contributed by atoms with Gasteiger partial charge in [0.2, 0.25) is 5.13 Å². The fourth-order valence-corrected chi connectivity index (χ4v) is 3.16. The minimum atomic E-state index is 0.125. The molecule has 0 aromatic carbocycles. The number of pyridine rings is 2. The lowest BCUT2D eigenvalue weighted by atomic mass is 10.2. The first-order chi connectivity index (χ1) is 12.2. The molecular weight excluding hydrogens is 334 g/mol. The fourth-order valence-electron chi connectivity index (χ4n) is 2.58. The Balaban J connectivity index is 1.51. The van der Waals surface area contributed by atoms with Gasteiger partial charge in [-0.15, -0.1) is 0 Å². The Morgan fingerprint density at radius 3 is 2.80 bits per heavy atom. The second-order valence-corrected chi connectivity index (χ2v) is 7.06. The van der Waals surface area contributed by atoms with E-state index in [1.54, 1.807) is 12.4 Å². The van der Waals surface area contributed by atoms with Gasteiger partial charge in [0, 0.05) is 17.7 Å². The highest BCUT2D eigenvalue weighted by Crippen LogP contribution is 2.43. The van der Waals surface area contributed by atoms with E-state index in [0.29, 0.717) is 11.7 Å². The number of ether oxygens (including phenoxy) is 1. The van der Waals surface area contributed by atoms with Gasteiger partial charge < -0.3 is 10.1 Å². The van der Waals surface area contributed by atoms with Crippen molar-refractivity contribution in [2.75, 3.05) is 5.32 Å². The summed E-state index contributed by atoms with van der Waals surface area (Å²) in [7, 11) is 0. The molecule has 0 amide bonds. The predicted octanol–water partition coefficient (Wildman–Crippen LogP) is 4.40. The first-order valence-electron chi connectivity index (χ1n) is 8.38. The summed E-state index contributed by atoms with van der Waals surface area (Å²) in [4.78, 5) is 13.4. The Morgan fingerprint density at radius 1 is 1.20 bits per heavy atom. The maximum absolute atomic E-state index is 5.61. The Labute approximate surface area is 150 Å². The molecule has 0 radical (unpaired) electrons. The van der Waals surface area contributed by atoms with Crippen LogP contribution in [0.25, 0.3) is 11.5 Å². The van der Waals surface area contributed by atoms with Crippen molar-refractivity contribution in [3.05, 3.63) is 42.2 Å². The number of nitrogens with one attached hydrogen (secondary N) is 1. The van der Waals surface area contributed by atoms with E-state index in [1.165, 1.54) is 29.9 Å². The highest BCUT2D eigenvalue weighted by molar-refractivity contribution is 7.09. The molecule has 3 aromatic rings. The third-order valence-electron chi connectivity index (χ3n) is 3.84. The molecule has 4 rings (SSSR count). The van der Waals surface area contributed by atoms with E-state index in [2.05, 4.69) is 30.7 Å². The first-order valence-corrected chi connectivity index (χ1v) is 9.15. The highest BCUT2D eigenvalue weighted by atomic mass is 32.1. The molecule has 0 unspecified atom stereocenters. The van der Waals surface area contributed by atoms with Crippen molar-refractivity contribution in [2.45, 2.75) is 38.7 Å². The Morgan fingerprint density at radius 2 is 2.08 bits per heavy atom. The lowest BCUT2D eigenvalue weighted by Gasteiger charge is -2.08. The number of hydrogen-bond donors (Lipinski definition) is 1. The lowest BCUT2D eigenvalue weighted by Crippen LogP contribution is -2.05. The summed E-state index contributed by atoms with van der Waals surface area (Å²) in [5.74, 6) is 2.85. The van der Waals surface area contributed by atoms with Crippen LogP contribution in [0.5, 0.6) is 5.75 Å². The standard InChI is InChI=1S/C18H19N5OS/c1-11(2)24-13-7-8-15(20-10-13)17-22-18(25-23-17)21-16-14(12-5-6-12)4-3-9-19-16/h3-4,7-12H,5-6H2,1-2H3,(H,19,21,22,23). The molecule has 3 heterocycles. The van der Waals surface area contributed by atoms with E-state index < -0.39 is 0 Å². The van der Waals surface area contributed by atoms with Crippen molar-refractivity contribution in [3.8, 4) is 17.3 Å². The highest BCUT2D eigenvalue weighted by Gasteiger charge is 2.26.